The summed E-state index contributed by atoms with van der Waals surface area (Å²) in [6.45, 7) is 7.97. The van der Waals surface area contributed by atoms with Gasteiger partial charge in [-0.25, -0.2) is 0 Å². The molecule has 136 valence electrons. The summed E-state index contributed by atoms with van der Waals surface area (Å²) >= 11 is 0. The van der Waals surface area contributed by atoms with Crippen molar-refractivity contribution in [3.63, 3.8) is 0 Å². The molecule has 0 spiro atoms. The molecule has 0 aromatic rings. The van der Waals surface area contributed by atoms with Crippen molar-refractivity contribution >= 4 is 49.7 Å². The first-order chi connectivity index (χ1) is 9.44. The molecule has 0 rings (SSSR count). The Labute approximate surface area is 170 Å². The van der Waals surface area contributed by atoms with Crippen LogP contribution in [0.5, 0.6) is 0 Å². The van der Waals surface area contributed by atoms with E-state index in [0.29, 0.717) is 0 Å². The summed E-state index contributed by atoms with van der Waals surface area (Å²) in [5.74, 6) is -2.20. The van der Waals surface area contributed by atoms with Crippen molar-refractivity contribution in [3.05, 3.63) is 0 Å². The van der Waals surface area contributed by atoms with Gasteiger partial charge in [0.2, 0.25) is 0 Å². The van der Waals surface area contributed by atoms with Crippen molar-refractivity contribution < 1.29 is 30.8 Å². The fourth-order valence-electron chi connectivity index (χ4n) is 2.15. The molecular weight excluding hydrogens is 328 g/mol. The predicted molar refractivity (Wildman–Crippen MR) is 89.6 cm³/mol. The first-order valence-electron chi connectivity index (χ1n) is 7.86. The second-order valence-electron chi connectivity index (χ2n) is 5.19. The summed E-state index contributed by atoms with van der Waals surface area (Å²) in [7, 11) is 0. The standard InChI is InChI=1S/2C8H16O2.Ca.2H2O/c2*1-3-5-7(6-4-2)8(9)10;;;/h2*7H,3-6H2,1-2H3,(H,9,10);;2*1H2/q;;+2;;/p-2. The Kier molecular flexibility index (Phi) is 36.5. The first-order valence-corrected chi connectivity index (χ1v) is 7.86. The van der Waals surface area contributed by atoms with Crippen LogP contribution in [0.4, 0.5) is 0 Å². The largest absolute Gasteiger partial charge is 2.00 e. The van der Waals surface area contributed by atoms with Crippen LogP contribution in [0.25, 0.3) is 0 Å². The molecule has 23 heavy (non-hydrogen) atoms. The molecule has 0 atom stereocenters. The zero-order valence-corrected chi connectivity index (χ0v) is 17.4. The van der Waals surface area contributed by atoms with Gasteiger partial charge in [0, 0.05) is 11.9 Å². The summed E-state index contributed by atoms with van der Waals surface area (Å²) < 4.78 is 0. The minimum absolute atomic E-state index is 0. The minimum Gasteiger partial charge on any atom is -0.550 e. The molecular formula is C16H34CaO6. The molecule has 0 aliphatic heterocycles. The minimum atomic E-state index is -0.885. The fraction of sp³-hybridized carbons (Fsp3) is 0.875. The average Bonchev–Trinajstić information content (AvgIpc) is 2.38. The monoisotopic (exact) mass is 362 g/mol. The van der Waals surface area contributed by atoms with Gasteiger partial charge < -0.3 is 30.8 Å². The second-order valence-corrected chi connectivity index (χ2v) is 5.19. The van der Waals surface area contributed by atoms with Crippen LogP contribution in [0.15, 0.2) is 0 Å². The van der Waals surface area contributed by atoms with Gasteiger partial charge in [0.05, 0.1) is 0 Å². The molecule has 0 aromatic carbocycles. The van der Waals surface area contributed by atoms with Crippen molar-refractivity contribution in [2.24, 2.45) is 11.8 Å². The van der Waals surface area contributed by atoms with E-state index in [1.54, 1.807) is 0 Å². The molecule has 0 aromatic heterocycles. The van der Waals surface area contributed by atoms with Crippen LogP contribution in [-0.2, 0) is 9.59 Å². The Hall–Kier alpha value is 0.120. The van der Waals surface area contributed by atoms with Gasteiger partial charge in [-0.2, -0.15) is 0 Å². The molecule has 0 saturated carbocycles. The molecule has 6 nitrogen and oxygen atoms in total. The maximum Gasteiger partial charge on any atom is 2.00 e. The van der Waals surface area contributed by atoms with Gasteiger partial charge >= 0.3 is 37.7 Å². The van der Waals surface area contributed by atoms with Crippen LogP contribution in [0.2, 0.25) is 0 Å². The molecule has 0 radical (unpaired) electrons. The summed E-state index contributed by atoms with van der Waals surface area (Å²) in [5, 5.41) is 20.7. The number of hydrogen-bond acceptors (Lipinski definition) is 4. The zero-order valence-electron chi connectivity index (χ0n) is 15.2. The fourth-order valence-corrected chi connectivity index (χ4v) is 2.15. The van der Waals surface area contributed by atoms with E-state index in [1.807, 2.05) is 27.7 Å². The maximum absolute atomic E-state index is 10.4. The Morgan fingerprint density at radius 3 is 0.913 bits per heavy atom. The zero-order chi connectivity index (χ0) is 16.0. The Morgan fingerprint density at radius 1 is 0.652 bits per heavy atom. The van der Waals surface area contributed by atoms with Gasteiger partial charge in [-0.3, -0.25) is 0 Å². The van der Waals surface area contributed by atoms with Crippen LogP contribution >= 0.6 is 0 Å². The van der Waals surface area contributed by atoms with Crippen molar-refractivity contribution in [2.45, 2.75) is 79.1 Å². The van der Waals surface area contributed by atoms with E-state index in [4.69, 9.17) is 0 Å². The molecule has 4 N–H and O–H groups in total. The second kappa shape index (κ2) is 24.4. The van der Waals surface area contributed by atoms with Gasteiger partial charge in [-0.15, -0.1) is 0 Å². The first kappa shape index (κ1) is 34.5. The van der Waals surface area contributed by atoms with E-state index in [0.717, 1.165) is 51.4 Å². The van der Waals surface area contributed by atoms with Crippen LogP contribution in [-0.4, -0.2) is 60.6 Å². The summed E-state index contributed by atoms with van der Waals surface area (Å²) in [4.78, 5) is 20.7. The smallest absolute Gasteiger partial charge is 0.550 e. The van der Waals surface area contributed by atoms with Crippen LogP contribution in [0.1, 0.15) is 79.1 Å². The summed E-state index contributed by atoms with van der Waals surface area (Å²) in [6, 6.07) is 0. The quantitative estimate of drug-likeness (QED) is 0.499. The van der Waals surface area contributed by atoms with Crippen LogP contribution in [0.3, 0.4) is 0 Å². The molecule has 0 aliphatic rings. The Morgan fingerprint density at radius 2 is 0.826 bits per heavy atom. The Bertz CT molecular complexity index is 223. The molecule has 0 aliphatic carbocycles. The Balaban J connectivity index is -0.0000000831. The van der Waals surface area contributed by atoms with E-state index in [1.165, 1.54) is 0 Å². The third-order valence-electron chi connectivity index (χ3n) is 3.22. The van der Waals surface area contributed by atoms with Crippen molar-refractivity contribution in [1.82, 2.24) is 0 Å². The average molecular weight is 363 g/mol. The van der Waals surface area contributed by atoms with Gasteiger partial charge in [-0.1, -0.05) is 53.4 Å². The maximum atomic E-state index is 10.4. The van der Waals surface area contributed by atoms with E-state index >= 15 is 0 Å². The van der Waals surface area contributed by atoms with Crippen LogP contribution < -0.4 is 10.2 Å². The SMILES string of the molecule is CCCC(CCC)C(=O)[O-].CCCC(CCC)C(=O)[O-].O.O.[Ca+2]. The van der Waals surface area contributed by atoms with Gasteiger partial charge in [0.15, 0.2) is 0 Å². The number of hydrogen-bond donors (Lipinski definition) is 0. The number of carbonyl (C=O) groups is 2. The van der Waals surface area contributed by atoms with E-state index in [2.05, 4.69) is 0 Å². The number of carbonyl (C=O) groups excluding carboxylic acids is 2. The predicted octanol–water partition coefficient (Wildman–Crippen LogP) is -0.125. The molecule has 0 bridgehead atoms. The molecule has 0 heterocycles. The van der Waals surface area contributed by atoms with E-state index in [9.17, 15) is 19.8 Å². The molecule has 7 heteroatoms. The van der Waals surface area contributed by atoms with Crippen molar-refractivity contribution in [2.75, 3.05) is 0 Å². The van der Waals surface area contributed by atoms with E-state index < -0.39 is 11.9 Å². The van der Waals surface area contributed by atoms with Gasteiger partial charge in [0.1, 0.15) is 0 Å². The topological polar surface area (TPSA) is 143 Å². The molecule has 0 unspecified atom stereocenters. The third kappa shape index (κ3) is 22.1. The van der Waals surface area contributed by atoms with Crippen molar-refractivity contribution in [3.8, 4) is 0 Å². The number of carboxylic acid groups (broad SMARTS) is 2. The van der Waals surface area contributed by atoms with Crippen LogP contribution in [0, 0.1) is 11.8 Å². The number of aliphatic carboxylic acids is 2. The summed E-state index contributed by atoms with van der Waals surface area (Å²) in [6.07, 6.45) is 6.76. The van der Waals surface area contributed by atoms with E-state index in [-0.39, 0.29) is 60.5 Å². The van der Waals surface area contributed by atoms with Crippen molar-refractivity contribution in [1.29, 1.82) is 0 Å². The molecule has 0 saturated heterocycles. The molecule has 0 fully saturated rings. The normalized spacial score (nSPS) is 8.96. The third-order valence-corrected chi connectivity index (χ3v) is 3.22. The number of rotatable bonds is 10. The van der Waals surface area contributed by atoms with Gasteiger partial charge in [0.25, 0.3) is 0 Å². The molecule has 0 amide bonds. The van der Waals surface area contributed by atoms with Gasteiger partial charge in [-0.05, 0) is 37.5 Å². The summed E-state index contributed by atoms with van der Waals surface area (Å²) in [5.41, 5.74) is 0. The number of carboxylic acids is 2.